The van der Waals surface area contributed by atoms with Gasteiger partial charge in [-0.25, -0.2) is 4.79 Å². The largest absolute Gasteiger partial charge is 0.461 e. The minimum absolute atomic E-state index is 0.00396. The second kappa shape index (κ2) is 9.65. The van der Waals surface area contributed by atoms with Crippen molar-refractivity contribution in [3.05, 3.63) is 52.3 Å². The van der Waals surface area contributed by atoms with Gasteiger partial charge in [-0.2, -0.15) is 0 Å². The first-order valence-corrected chi connectivity index (χ1v) is 10.3. The predicted octanol–water partition coefficient (Wildman–Crippen LogP) is 3.79. The van der Waals surface area contributed by atoms with E-state index in [4.69, 9.17) is 4.74 Å². The highest BCUT2D eigenvalue weighted by Gasteiger charge is 2.21. The van der Waals surface area contributed by atoms with Gasteiger partial charge in [-0.15, -0.1) is 11.8 Å². The van der Waals surface area contributed by atoms with Crippen LogP contribution in [-0.2, 0) is 29.5 Å². The van der Waals surface area contributed by atoms with Crippen molar-refractivity contribution in [2.75, 3.05) is 12.9 Å². The number of ether oxygens (including phenoxy) is 1. The van der Waals surface area contributed by atoms with Crippen molar-refractivity contribution >= 4 is 23.6 Å². The number of nitrogens with one attached hydrogen (secondary N) is 1. The molecule has 1 aromatic heterocycles. The number of hydrogen-bond acceptors (Lipinski definition) is 4. The van der Waals surface area contributed by atoms with Crippen LogP contribution in [0, 0.1) is 13.8 Å². The topological polar surface area (TPSA) is 60.3 Å². The van der Waals surface area contributed by atoms with Crippen LogP contribution in [0.5, 0.6) is 0 Å². The molecule has 0 saturated carbocycles. The van der Waals surface area contributed by atoms with Crippen LogP contribution < -0.4 is 5.32 Å². The lowest BCUT2D eigenvalue weighted by Gasteiger charge is -2.07. The summed E-state index contributed by atoms with van der Waals surface area (Å²) in [6, 6.07) is 8.17. The maximum Gasteiger partial charge on any atom is 0.355 e. The summed E-state index contributed by atoms with van der Waals surface area (Å²) in [5.41, 5.74) is 4.58. The van der Waals surface area contributed by atoms with Crippen LogP contribution in [0.15, 0.2) is 29.2 Å². The zero-order chi connectivity index (χ0) is 20.0. The quantitative estimate of drug-likeness (QED) is 0.552. The maximum atomic E-state index is 12.2. The molecule has 2 aromatic rings. The van der Waals surface area contributed by atoms with E-state index in [1.54, 1.807) is 18.7 Å². The molecule has 0 aliphatic heterocycles. The second-order valence-corrected chi connectivity index (χ2v) is 7.32. The first-order chi connectivity index (χ1) is 12.9. The number of esters is 1. The van der Waals surface area contributed by atoms with Crippen LogP contribution in [0.25, 0.3) is 0 Å². The van der Waals surface area contributed by atoms with Crippen molar-refractivity contribution in [3.8, 4) is 0 Å². The van der Waals surface area contributed by atoms with E-state index in [0.29, 0.717) is 31.7 Å². The van der Waals surface area contributed by atoms with Crippen molar-refractivity contribution in [1.29, 1.82) is 0 Å². The van der Waals surface area contributed by atoms with E-state index in [0.717, 1.165) is 22.4 Å². The van der Waals surface area contributed by atoms with Crippen LogP contribution >= 0.6 is 11.8 Å². The van der Waals surface area contributed by atoms with E-state index in [1.165, 1.54) is 4.90 Å². The molecule has 5 nitrogen and oxygen atoms in total. The van der Waals surface area contributed by atoms with Gasteiger partial charge in [-0.3, -0.25) is 4.79 Å². The number of aromatic nitrogens is 1. The summed E-state index contributed by atoms with van der Waals surface area (Å²) in [5, 5.41) is 2.97. The monoisotopic (exact) mass is 388 g/mol. The molecular weight excluding hydrogens is 360 g/mol. The normalized spacial score (nSPS) is 10.7. The Morgan fingerprint density at radius 1 is 1.19 bits per heavy atom. The Kier molecular flexibility index (Phi) is 7.54. The van der Waals surface area contributed by atoms with Gasteiger partial charge in [0.25, 0.3) is 0 Å². The van der Waals surface area contributed by atoms with Gasteiger partial charge in [0.2, 0.25) is 5.91 Å². The molecule has 1 N–H and O–H groups in total. The van der Waals surface area contributed by atoms with Crippen LogP contribution in [0.3, 0.4) is 0 Å². The van der Waals surface area contributed by atoms with Gasteiger partial charge in [0.05, 0.1) is 6.61 Å². The third-order valence-electron chi connectivity index (χ3n) is 4.80. The Morgan fingerprint density at radius 3 is 2.44 bits per heavy atom. The van der Waals surface area contributed by atoms with E-state index in [9.17, 15) is 9.59 Å². The molecule has 0 fully saturated rings. The molecule has 0 saturated heterocycles. The van der Waals surface area contributed by atoms with E-state index < -0.39 is 0 Å². The van der Waals surface area contributed by atoms with E-state index in [1.807, 2.05) is 43.9 Å². The molecule has 1 heterocycles. The molecule has 0 spiro atoms. The highest BCUT2D eigenvalue weighted by atomic mass is 32.2. The zero-order valence-electron chi connectivity index (χ0n) is 16.7. The molecule has 2 rings (SSSR count). The average molecular weight is 389 g/mol. The van der Waals surface area contributed by atoms with E-state index in [2.05, 4.69) is 17.4 Å². The number of benzene rings is 1. The van der Waals surface area contributed by atoms with Crippen LogP contribution in [0.4, 0.5) is 0 Å². The van der Waals surface area contributed by atoms with Gasteiger partial charge in [0.1, 0.15) is 5.69 Å². The molecule has 0 bridgehead atoms. The summed E-state index contributed by atoms with van der Waals surface area (Å²) in [5.74, 6) is -0.311. The summed E-state index contributed by atoms with van der Waals surface area (Å²) in [6.07, 6.45) is 3.02. The van der Waals surface area contributed by atoms with Gasteiger partial charge in [0.15, 0.2) is 0 Å². The standard InChI is InChI=1S/C21H28N2O3S/c1-6-26-21(25)20-14(2)18(15(3)23(20)4)11-12-19(24)22-13-16-7-9-17(27-5)10-8-16/h7-10H,6,11-13H2,1-5H3,(H,22,24). The van der Waals surface area contributed by atoms with Crippen molar-refractivity contribution in [2.45, 2.75) is 45.1 Å². The first-order valence-electron chi connectivity index (χ1n) is 9.10. The van der Waals surface area contributed by atoms with E-state index >= 15 is 0 Å². The van der Waals surface area contributed by atoms with Crippen molar-refractivity contribution in [1.82, 2.24) is 9.88 Å². The summed E-state index contributed by atoms with van der Waals surface area (Å²) < 4.78 is 7.00. The predicted molar refractivity (Wildman–Crippen MR) is 109 cm³/mol. The SMILES string of the molecule is CCOC(=O)c1c(C)c(CCC(=O)NCc2ccc(SC)cc2)c(C)n1C. The highest BCUT2D eigenvalue weighted by Crippen LogP contribution is 2.23. The second-order valence-electron chi connectivity index (χ2n) is 6.44. The molecule has 0 aliphatic carbocycles. The molecule has 27 heavy (non-hydrogen) atoms. The van der Waals surface area contributed by atoms with Gasteiger partial charge < -0.3 is 14.6 Å². The molecule has 1 aromatic carbocycles. The molecule has 146 valence electrons. The number of hydrogen-bond donors (Lipinski definition) is 1. The van der Waals surface area contributed by atoms with Crippen LogP contribution in [0.1, 0.15) is 46.2 Å². The van der Waals surface area contributed by atoms with Gasteiger partial charge in [-0.05, 0) is 62.3 Å². The number of rotatable bonds is 8. The molecule has 0 aliphatic rings. The van der Waals surface area contributed by atoms with Crippen molar-refractivity contribution in [2.24, 2.45) is 7.05 Å². The fourth-order valence-corrected chi connectivity index (χ4v) is 3.57. The van der Waals surface area contributed by atoms with Gasteiger partial charge in [0, 0.05) is 30.6 Å². The molecule has 6 heteroatoms. The molecular formula is C21H28N2O3S. The Morgan fingerprint density at radius 2 is 1.85 bits per heavy atom. The number of amides is 1. The summed E-state index contributed by atoms with van der Waals surface area (Å²) in [6.45, 7) is 6.55. The number of carbonyl (C=O) groups is 2. The van der Waals surface area contributed by atoms with Crippen molar-refractivity contribution in [3.63, 3.8) is 0 Å². The molecule has 0 unspecified atom stereocenters. The molecule has 0 atom stereocenters. The number of thioether (sulfide) groups is 1. The van der Waals surface area contributed by atoms with Crippen LogP contribution in [0.2, 0.25) is 0 Å². The first kappa shape index (κ1) is 21.1. The smallest absolute Gasteiger partial charge is 0.355 e. The van der Waals surface area contributed by atoms with Gasteiger partial charge >= 0.3 is 5.97 Å². The Balaban J connectivity index is 1.96. The molecule has 0 radical (unpaired) electrons. The average Bonchev–Trinajstić information content (AvgIpc) is 2.87. The minimum atomic E-state index is -0.315. The summed E-state index contributed by atoms with van der Waals surface area (Å²) in [4.78, 5) is 25.6. The Labute approximate surface area is 165 Å². The molecule has 1 amide bonds. The van der Waals surface area contributed by atoms with Crippen LogP contribution in [-0.4, -0.2) is 29.3 Å². The third kappa shape index (κ3) is 5.16. The lowest BCUT2D eigenvalue weighted by Crippen LogP contribution is -2.23. The summed E-state index contributed by atoms with van der Waals surface area (Å²) in [7, 11) is 1.86. The van der Waals surface area contributed by atoms with Gasteiger partial charge in [-0.1, -0.05) is 12.1 Å². The number of nitrogens with zero attached hydrogens (tertiary/aromatic N) is 1. The van der Waals surface area contributed by atoms with Crippen molar-refractivity contribution < 1.29 is 14.3 Å². The maximum absolute atomic E-state index is 12.2. The lowest BCUT2D eigenvalue weighted by atomic mass is 10.0. The fraction of sp³-hybridized carbons (Fsp3) is 0.429. The third-order valence-corrected chi connectivity index (χ3v) is 5.55. The zero-order valence-corrected chi connectivity index (χ0v) is 17.5. The minimum Gasteiger partial charge on any atom is -0.461 e. The Hall–Kier alpha value is -2.21. The lowest BCUT2D eigenvalue weighted by molar-refractivity contribution is -0.121. The Bertz CT molecular complexity index is 810. The summed E-state index contributed by atoms with van der Waals surface area (Å²) >= 11 is 1.70. The highest BCUT2D eigenvalue weighted by molar-refractivity contribution is 7.98. The number of carbonyl (C=O) groups excluding carboxylic acids is 2. The van der Waals surface area contributed by atoms with E-state index in [-0.39, 0.29) is 11.9 Å². The fourth-order valence-electron chi connectivity index (χ4n) is 3.16.